The largest absolute Gasteiger partial charge is 0.496 e. The Morgan fingerprint density at radius 3 is 2.28 bits per heavy atom. The van der Waals surface area contributed by atoms with Crippen molar-refractivity contribution in [2.45, 2.75) is 31.6 Å². The van der Waals surface area contributed by atoms with Gasteiger partial charge in [0.15, 0.2) is 5.78 Å². The summed E-state index contributed by atoms with van der Waals surface area (Å²) in [5.41, 5.74) is 1.86. The minimum Gasteiger partial charge on any atom is -0.496 e. The van der Waals surface area contributed by atoms with Crippen LogP contribution in [0.5, 0.6) is 11.5 Å². The fourth-order valence-electron chi connectivity index (χ4n) is 3.53. The summed E-state index contributed by atoms with van der Waals surface area (Å²) < 4.78 is 10.8. The lowest BCUT2D eigenvalue weighted by molar-refractivity contribution is 0.0895. The van der Waals surface area contributed by atoms with Crippen LogP contribution in [0.15, 0.2) is 12.1 Å². The highest BCUT2D eigenvalue weighted by atomic mass is 16.5. The molecule has 0 bridgehead atoms. The van der Waals surface area contributed by atoms with Crippen molar-refractivity contribution in [2.24, 2.45) is 5.92 Å². The summed E-state index contributed by atoms with van der Waals surface area (Å²) in [7, 11) is 3.29. The Hall–Kier alpha value is -1.51. The first-order valence-electron chi connectivity index (χ1n) is 6.57. The fraction of sp³-hybridized carbons (Fsp3) is 0.533. The fourth-order valence-corrected chi connectivity index (χ4v) is 3.53. The maximum Gasteiger partial charge on any atom is 0.170 e. The van der Waals surface area contributed by atoms with Gasteiger partial charge in [-0.3, -0.25) is 4.79 Å². The molecule has 2 aliphatic rings. The summed E-state index contributed by atoms with van der Waals surface area (Å²) in [6, 6.07) is 3.76. The predicted octanol–water partition coefficient (Wildman–Crippen LogP) is 3.17. The summed E-state index contributed by atoms with van der Waals surface area (Å²) in [6.45, 7) is 0. The van der Waals surface area contributed by atoms with Crippen LogP contribution in [0, 0.1) is 5.92 Å². The van der Waals surface area contributed by atoms with Crippen molar-refractivity contribution in [1.29, 1.82) is 0 Å². The molecule has 0 N–H and O–H groups in total. The van der Waals surface area contributed by atoms with Gasteiger partial charge >= 0.3 is 0 Å². The standard InChI is InChI=1S/C15H18O3/c1-17-11-7-8-12(18-2)14-13(11)9-5-3-4-6-10(9)15(14)16/h7-10H,3-6H2,1-2H3. The molecule has 18 heavy (non-hydrogen) atoms. The summed E-state index contributed by atoms with van der Waals surface area (Å²) in [4.78, 5) is 12.5. The third-order valence-corrected chi connectivity index (χ3v) is 4.33. The van der Waals surface area contributed by atoms with Crippen LogP contribution in [0.4, 0.5) is 0 Å². The van der Waals surface area contributed by atoms with E-state index in [2.05, 4.69) is 0 Å². The molecule has 0 aromatic heterocycles. The minimum absolute atomic E-state index is 0.152. The van der Waals surface area contributed by atoms with Crippen LogP contribution in [-0.2, 0) is 0 Å². The van der Waals surface area contributed by atoms with E-state index in [1.54, 1.807) is 14.2 Å². The number of hydrogen-bond donors (Lipinski definition) is 0. The molecule has 3 rings (SSSR count). The van der Waals surface area contributed by atoms with Crippen molar-refractivity contribution in [2.75, 3.05) is 14.2 Å². The zero-order valence-electron chi connectivity index (χ0n) is 10.9. The van der Waals surface area contributed by atoms with Crippen molar-refractivity contribution >= 4 is 5.78 Å². The number of carbonyl (C=O) groups is 1. The van der Waals surface area contributed by atoms with Crippen LogP contribution in [-0.4, -0.2) is 20.0 Å². The Kier molecular flexibility index (Phi) is 2.77. The van der Waals surface area contributed by atoms with Crippen LogP contribution in [0.2, 0.25) is 0 Å². The highest BCUT2D eigenvalue weighted by molar-refractivity contribution is 6.06. The molecule has 1 aromatic carbocycles. The van der Waals surface area contributed by atoms with Crippen LogP contribution in [0.1, 0.15) is 47.5 Å². The van der Waals surface area contributed by atoms with Crippen LogP contribution in [0.3, 0.4) is 0 Å². The van der Waals surface area contributed by atoms with Crippen molar-refractivity contribution in [3.63, 3.8) is 0 Å². The second-order valence-corrected chi connectivity index (χ2v) is 5.12. The molecule has 1 fully saturated rings. The third-order valence-electron chi connectivity index (χ3n) is 4.33. The maximum absolute atomic E-state index is 12.5. The Balaban J connectivity index is 2.19. The van der Waals surface area contributed by atoms with Crippen molar-refractivity contribution < 1.29 is 14.3 Å². The van der Waals surface area contributed by atoms with E-state index in [1.165, 1.54) is 6.42 Å². The molecular weight excluding hydrogens is 228 g/mol. The van der Waals surface area contributed by atoms with Crippen LogP contribution in [0.25, 0.3) is 0 Å². The molecule has 2 unspecified atom stereocenters. The number of hydrogen-bond acceptors (Lipinski definition) is 3. The summed E-state index contributed by atoms with van der Waals surface area (Å²) >= 11 is 0. The summed E-state index contributed by atoms with van der Waals surface area (Å²) in [5, 5.41) is 0. The predicted molar refractivity (Wildman–Crippen MR) is 68.6 cm³/mol. The minimum atomic E-state index is 0.152. The molecule has 3 nitrogen and oxygen atoms in total. The van der Waals surface area contributed by atoms with Gasteiger partial charge in [0.05, 0.1) is 19.8 Å². The lowest BCUT2D eigenvalue weighted by atomic mass is 9.79. The van der Waals surface area contributed by atoms with Gasteiger partial charge in [-0.25, -0.2) is 0 Å². The number of ketones is 1. The smallest absolute Gasteiger partial charge is 0.170 e. The first kappa shape index (κ1) is 11.6. The molecule has 0 aliphatic heterocycles. The molecule has 0 heterocycles. The highest BCUT2D eigenvalue weighted by Crippen LogP contribution is 2.52. The normalized spacial score (nSPS) is 25.6. The molecule has 2 atom stereocenters. The molecule has 1 saturated carbocycles. The van der Waals surface area contributed by atoms with E-state index < -0.39 is 0 Å². The second-order valence-electron chi connectivity index (χ2n) is 5.12. The Morgan fingerprint density at radius 1 is 1.00 bits per heavy atom. The quantitative estimate of drug-likeness (QED) is 0.804. The highest BCUT2D eigenvalue weighted by Gasteiger charge is 2.44. The Labute approximate surface area is 107 Å². The van der Waals surface area contributed by atoms with Crippen LogP contribution >= 0.6 is 0 Å². The average molecular weight is 246 g/mol. The van der Waals surface area contributed by atoms with Gasteiger partial charge in [-0.1, -0.05) is 12.8 Å². The molecule has 1 aromatic rings. The number of Topliss-reactive ketones (excluding diaryl/α,β-unsaturated/α-hetero) is 1. The topological polar surface area (TPSA) is 35.5 Å². The average Bonchev–Trinajstić information content (AvgIpc) is 2.73. The van der Waals surface area contributed by atoms with Crippen molar-refractivity contribution in [3.8, 4) is 11.5 Å². The van der Waals surface area contributed by atoms with Crippen LogP contribution < -0.4 is 9.47 Å². The van der Waals surface area contributed by atoms with Crippen molar-refractivity contribution in [3.05, 3.63) is 23.3 Å². The van der Waals surface area contributed by atoms with E-state index in [9.17, 15) is 4.79 Å². The van der Waals surface area contributed by atoms with Gasteiger partial charge in [0.1, 0.15) is 11.5 Å². The van der Waals surface area contributed by atoms with E-state index >= 15 is 0 Å². The lowest BCUT2D eigenvalue weighted by Gasteiger charge is -2.25. The summed E-state index contributed by atoms with van der Waals surface area (Å²) in [5.74, 6) is 2.29. The SMILES string of the molecule is COc1ccc(OC)c2c1C(=O)C1CCCCC21. The monoisotopic (exact) mass is 246 g/mol. The van der Waals surface area contributed by atoms with E-state index in [0.717, 1.165) is 36.1 Å². The van der Waals surface area contributed by atoms with E-state index in [4.69, 9.17) is 9.47 Å². The second kappa shape index (κ2) is 4.30. The number of rotatable bonds is 2. The maximum atomic E-state index is 12.5. The van der Waals surface area contributed by atoms with Gasteiger partial charge in [-0.15, -0.1) is 0 Å². The zero-order chi connectivity index (χ0) is 12.7. The van der Waals surface area contributed by atoms with Gasteiger partial charge in [-0.05, 0) is 30.9 Å². The van der Waals surface area contributed by atoms with Gasteiger partial charge < -0.3 is 9.47 Å². The third kappa shape index (κ3) is 1.46. The van der Waals surface area contributed by atoms with Gasteiger partial charge in [0.25, 0.3) is 0 Å². The molecular formula is C15H18O3. The molecule has 2 aliphatic carbocycles. The number of fused-ring (bicyclic) bond motifs is 3. The molecule has 0 radical (unpaired) electrons. The molecule has 96 valence electrons. The Morgan fingerprint density at radius 2 is 1.61 bits per heavy atom. The summed E-state index contributed by atoms with van der Waals surface area (Å²) in [6.07, 6.45) is 4.46. The van der Waals surface area contributed by atoms with Gasteiger partial charge in [0, 0.05) is 11.5 Å². The first-order chi connectivity index (χ1) is 8.77. The number of methoxy groups -OCH3 is 2. The molecule has 3 heteroatoms. The first-order valence-corrected chi connectivity index (χ1v) is 6.57. The van der Waals surface area contributed by atoms with Gasteiger partial charge in [0.2, 0.25) is 0 Å². The van der Waals surface area contributed by atoms with Gasteiger partial charge in [-0.2, -0.15) is 0 Å². The lowest BCUT2D eigenvalue weighted by Crippen LogP contribution is -2.17. The number of carbonyl (C=O) groups excluding carboxylic acids is 1. The molecule has 0 spiro atoms. The number of ether oxygens (including phenoxy) is 2. The van der Waals surface area contributed by atoms with E-state index in [1.807, 2.05) is 12.1 Å². The molecule has 0 amide bonds. The zero-order valence-corrected chi connectivity index (χ0v) is 10.9. The van der Waals surface area contributed by atoms with Crippen molar-refractivity contribution in [1.82, 2.24) is 0 Å². The van der Waals surface area contributed by atoms with E-state index in [0.29, 0.717) is 11.7 Å². The number of benzene rings is 1. The Bertz CT molecular complexity index is 493. The molecule has 0 saturated heterocycles. The van der Waals surface area contributed by atoms with E-state index in [-0.39, 0.29) is 11.7 Å².